The van der Waals surface area contributed by atoms with Crippen molar-refractivity contribution >= 4 is 57.6 Å². The van der Waals surface area contributed by atoms with Gasteiger partial charge in [-0.2, -0.15) is 0 Å². The van der Waals surface area contributed by atoms with Crippen LogP contribution >= 0.6 is 34.8 Å². The summed E-state index contributed by atoms with van der Waals surface area (Å²) in [6.45, 7) is 4.26. The minimum Gasteiger partial charge on any atom is -0.330 e. The molecule has 0 aromatic heterocycles. The van der Waals surface area contributed by atoms with Crippen molar-refractivity contribution in [2.75, 3.05) is 5.32 Å². The highest BCUT2D eigenvalue weighted by atomic mass is 127. The van der Waals surface area contributed by atoms with E-state index in [4.69, 9.17) is 12.2 Å². The molecule has 0 spiro atoms. The number of halogens is 2. The van der Waals surface area contributed by atoms with E-state index < -0.39 is 5.82 Å². The number of hydrogen-bond donors (Lipinski definition) is 2. The normalized spacial score (nSPS) is 10.9. The van der Waals surface area contributed by atoms with Gasteiger partial charge >= 0.3 is 0 Å². The van der Waals surface area contributed by atoms with Gasteiger partial charge in [0, 0.05) is 9.65 Å². The Balaban J connectivity index is 1.91. The smallest absolute Gasteiger partial charge is 0.250 e. The van der Waals surface area contributed by atoms with Crippen LogP contribution in [0.15, 0.2) is 48.5 Å². The number of amides is 1. The van der Waals surface area contributed by atoms with Crippen molar-refractivity contribution in [2.24, 2.45) is 0 Å². The summed E-state index contributed by atoms with van der Waals surface area (Å²) in [6.07, 6.45) is 3.09. The Bertz CT molecular complexity index is 804. The van der Waals surface area contributed by atoms with E-state index in [0.717, 1.165) is 9.13 Å². The molecule has 0 unspecified atom stereocenters. The fourth-order valence-electron chi connectivity index (χ4n) is 2.06. The van der Waals surface area contributed by atoms with Crippen LogP contribution < -0.4 is 10.6 Å². The zero-order valence-corrected chi connectivity index (χ0v) is 16.8. The molecule has 2 aromatic rings. The average Bonchev–Trinajstić information content (AvgIpc) is 2.56. The summed E-state index contributed by atoms with van der Waals surface area (Å²) >= 11 is 7.05. The summed E-state index contributed by atoms with van der Waals surface area (Å²) in [4.78, 5) is 11.9. The van der Waals surface area contributed by atoms with E-state index in [-0.39, 0.29) is 16.7 Å². The van der Waals surface area contributed by atoms with Gasteiger partial charge in [0.25, 0.3) is 0 Å². The van der Waals surface area contributed by atoms with Gasteiger partial charge in [0.05, 0.1) is 5.69 Å². The highest BCUT2D eigenvalue weighted by Gasteiger charge is 2.06. The van der Waals surface area contributed by atoms with E-state index in [1.54, 1.807) is 18.2 Å². The topological polar surface area (TPSA) is 41.1 Å². The Morgan fingerprint density at radius 3 is 2.48 bits per heavy atom. The molecule has 0 aliphatic carbocycles. The van der Waals surface area contributed by atoms with E-state index in [1.165, 1.54) is 17.7 Å². The SMILES string of the molecule is CC(C)c1ccc(/C=C/C(=O)NC(=S)Nc2ccc(I)cc2F)cc1. The summed E-state index contributed by atoms with van der Waals surface area (Å²) in [7, 11) is 0. The first-order chi connectivity index (χ1) is 11.8. The molecule has 0 saturated carbocycles. The second-order valence-corrected chi connectivity index (χ2v) is 7.38. The molecule has 0 aliphatic rings. The van der Waals surface area contributed by atoms with E-state index in [0.29, 0.717) is 5.92 Å². The predicted octanol–water partition coefficient (Wildman–Crippen LogP) is 5.08. The molecule has 0 saturated heterocycles. The van der Waals surface area contributed by atoms with E-state index in [9.17, 15) is 9.18 Å². The van der Waals surface area contributed by atoms with Crippen LogP contribution in [0.4, 0.5) is 10.1 Å². The van der Waals surface area contributed by atoms with Crippen molar-refractivity contribution in [3.8, 4) is 0 Å². The van der Waals surface area contributed by atoms with Crippen LogP contribution in [0.1, 0.15) is 30.9 Å². The largest absolute Gasteiger partial charge is 0.330 e. The highest BCUT2D eigenvalue weighted by Crippen LogP contribution is 2.17. The molecule has 3 nitrogen and oxygen atoms in total. The molecule has 0 bridgehead atoms. The molecule has 2 N–H and O–H groups in total. The van der Waals surface area contributed by atoms with Crippen molar-refractivity contribution < 1.29 is 9.18 Å². The van der Waals surface area contributed by atoms with Crippen LogP contribution in [0.5, 0.6) is 0 Å². The van der Waals surface area contributed by atoms with Gasteiger partial charge < -0.3 is 5.32 Å². The van der Waals surface area contributed by atoms with E-state index >= 15 is 0 Å². The minimum atomic E-state index is -0.427. The summed E-state index contributed by atoms with van der Waals surface area (Å²) in [6, 6.07) is 12.7. The number of nitrogens with one attached hydrogen (secondary N) is 2. The van der Waals surface area contributed by atoms with Gasteiger partial charge in [-0.15, -0.1) is 0 Å². The highest BCUT2D eigenvalue weighted by molar-refractivity contribution is 14.1. The molecule has 130 valence electrons. The summed E-state index contributed by atoms with van der Waals surface area (Å²) in [5.74, 6) is -0.341. The van der Waals surface area contributed by atoms with Gasteiger partial charge in [0.2, 0.25) is 5.91 Å². The van der Waals surface area contributed by atoms with Gasteiger partial charge in [0.15, 0.2) is 5.11 Å². The third-order valence-corrected chi connectivity index (χ3v) is 4.32. The fraction of sp³-hybridized carbons (Fsp3) is 0.158. The van der Waals surface area contributed by atoms with Crippen molar-refractivity contribution in [1.82, 2.24) is 5.32 Å². The first-order valence-corrected chi connectivity index (χ1v) is 9.19. The Hall–Kier alpha value is -1.80. The van der Waals surface area contributed by atoms with Crippen LogP contribution in [0.25, 0.3) is 6.08 Å². The van der Waals surface area contributed by atoms with Crippen molar-refractivity contribution in [2.45, 2.75) is 19.8 Å². The molecule has 1 amide bonds. The average molecular weight is 468 g/mol. The molecule has 6 heteroatoms. The lowest BCUT2D eigenvalue weighted by atomic mass is 10.0. The van der Waals surface area contributed by atoms with Gasteiger partial charge in [-0.3, -0.25) is 10.1 Å². The molecule has 0 atom stereocenters. The number of carbonyl (C=O) groups excluding carboxylic acids is 1. The maximum atomic E-state index is 13.8. The minimum absolute atomic E-state index is 0.0462. The summed E-state index contributed by atoms with van der Waals surface area (Å²) in [5.41, 5.74) is 2.38. The van der Waals surface area contributed by atoms with E-state index in [2.05, 4.69) is 24.5 Å². The predicted molar refractivity (Wildman–Crippen MR) is 113 cm³/mol. The molecule has 0 aliphatic heterocycles. The number of thiocarbonyl (C=S) groups is 1. The van der Waals surface area contributed by atoms with Gasteiger partial charge in [-0.05, 0) is 76.1 Å². The van der Waals surface area contributed by atoms with Crippen molar-refractivity contribution in [3.05, 3.63) is 69.1 Å². The van der Waals surface area contributed by atoms with Crippen molar-refractivity contribution in [3.63, 3.8) is 0 Å². The van der Waals surface area contributed by atoms with E-state index in [1.807, 2.05) is 46.9 Å². The number of hydrogen-bond acceptors (Lipinski definition) is 2. The maximum Gasteiger partial charge on any atom is 0.250 e. The second-order valence-electron chi connectivity index (χ2n) is 5.72. The third kappa shape index (κ3) is 6.21. The van der Waals surface area contributed by atoms with Crippen molar-refractivity contribution in [1.29, 1.82) is 0 Å². The third-order valence-electron chi connectivity index (χ3n) is 3.45. The number of carbonyl (C=O) groups is 1. The second kappa shape index (κ2) is 9.05. The Morgan fingerprint density at radius 1 is 1.20 bits per heavy atom. The fourth-order valence-corrected chi connectivity index (χ4v) is 2.73. The molecule has 0 radical (unpaired) electrons. The van der Waals surface area contributed by atoms with Crippen LogP contribution in [0.3, 0.4) is 0 Å². The van der Waals surface area contributed by atoms with Gasteiger partial charge in [0.1, 0.15) is 5.82 Å². The maximum absolute atomic E-state index is 13.8. The first-order valence-electron chi connectivity index (χ1n) is 7.70. The molecule has 25 heavy (non-hydrogen) atoms. The molecule has 0 fully saturated rings. The molecule has 0 heterocycles. The zero-order valence-electron chi connectivity index (χ0n) is 13.8. The Morgan fingerprint density at radius 2 is 1.88 bits per heavy atom. The lowest BCUT2D eigenvalue weighted by molar-refractivity contribution is -0.115. The van der Waals surface area contributed by atoms with Crippen LogP contribution in [0.2, 0.25) is 0 Å². The molecular formula is C19H18FIN2OS. The number of anilines is 1. The number of benzene rings is 2. The number of rotatable bonds is 4. The monoisotopic (exact) mass is 468 g/mol. The van der Waals surface area contributed by atoms with Crippen LogP contribution in [-0.2, 0) is 4.79 Å². The summed E-state index contributed by atoms with van der Waals surface area (Å²) in [5, 5.41) is 5.22. The first kappa shape index (κ1) is 19.5. The van der Waals surface area contributed by atoms with Gasteiger partial charge in [-0.25, -0.2) is 4.39 Å². The van der Waals surface area contributed by atoms with Gasteiger partial charge in [-0.1, -0.05) is 38.1 Å². The standard InChI is InChI=1S/C19H18FIN2OS/c1-12(2)14-6-3-13(4-7-14)5-10-18(24)23-19(25)22-17-9-8-15(21)11-16(17)20/h3-12H,1-2H3,(H2,22,23,24,25)/b10-5+. The lowest BCUT2D eigenvalue weighted by Gasteiger charge is -2.09. The van der Waals surface area contributed by atoms with Crippen LogP contribution in [-0.4, -0.2) is 11.0 Å². The quantitative estimate of drug-likeness (QED) is 0.374. The Kier molecular flexibility index (Phi) is 7.07. The molecule has 2 aromatic carbocycles. The summed E-state index contributed by atoms with van der Waals surface area (Å²) < 4.78 is 14.5. The molecular weight excluding hydrogens is 450 g/mol. The van der Waals surface area contributed by atoms with Crippen LogP contribution in [0, 0.1) is 9.39 Å². The zero-order chi connectivity index (χ0) is 18.4. The molecule has 2 rings (SSSR count). The lowest BCUT2D eigenvalue weighted by Crippen LogP contribution is -2.33. The Labute approximate surface area is 165 Å².